The lowest BCUT2D eigenvalue weighted by atomic mass is 10.1. The SMILES string of the molecule is COc1c(OC2CCN(OC(=O)O)CC2)ccnc1Nc1ccc(OCCOP(=O)(O)OC(C)C)nc1C. The third kappa shape index (κ3) is 8.99. The van der Waals surface area contributed by atoms with Gasteiger partial charge in [-0.15, -0.1) is 5.06 Å². The zero-order valence-electron chi connectivity index (χ0n) is 21.7. The number of pyridine rings is 2. The number of hydrogen-bond donors (Lipinski definition) is 3. The molecule has 15 heteroatoms. The molecule has 0 bridgehead atoms. The molecule has 1 fully saturated rings. The number of aromatic nitrogens is 2. The lowest BCUT2D eigenvalue weighted by Crippen LogP contribution is -2.39. The van der Waals surface area contributed by atoms with Crippen LogP contribution in [0.2, 0.25) is 0 Å². The minimum Gasteiger partial charge on any atom is -0.490 e. The van der Waals surface area contributed by atoms with Crippen molar-refractivity contribution >= 4 is 25.5 Å². The zero-order valence-corrected chi connectivity index (χ0v) is 22.6. The third-order valence-corrected chi connectivity index (χ3v) is 6.42. The molecule has 0 radical (unpaired) electrons. The topological polar surface area (TPSA) is 171 Å². The Hall–Kier alpha value is -3.16. The van der Waals surface area contributed by atoms with Gasteiger partial charge in [0.15, 0.2) is 11.6 Å². The molecule has 0 amide bonds. The van der Waals surface area contributed by atoms with Gasteiger partial charge in [-0.05, 0) is 26.8 Å². The number of aryl methyl sites for hydroxylation is 1. The Labute approximate surface area is 220 Å². The van der Waals surface area contributed by atoms with E-state index < -0.39 is 20.1 Å². The van der Waals surface area contributed by atoms with Crippen molar-refractivity contribution in [1.29, 1.82) is 0 Å². The highest BCUT2D eigenvalue weighted by atomic mass is 31.2. The summed E-state index contributed by atoms with van der Waals surface area (Å²) in [5, 5.41) is 13.3. The van der Waals surface area contributed by atoms with Crippen LogP contribution in [0.5, 0.6) is 17.4 Å². The first kappa shape index (κ1) is 29.4. The number of piperidine rings is 1. The van der Waals surface area contributed by atoms with Crippen LogP contribution >= 0.6 is 7.82 Å². The molecular weight excluding hydrogens is 523 g/mol. The van der Waals surface area contributed by atoms with Gasteiger partial charge in [-0.2, -0.15) is 0 Å². The monoisotopic (exact) mass is 556 g/mol. The highest BCUT2D eigenvalue weighted by Gasteiger charge is 2.25. The van der Waals surface area contributed by atoms with Gasteiger partial charge in [0.2, 0.25) is 11.6 Å². The fourth-order valence-corrected chi connectivity index (χ4v) is 4.51. The fraction of sp³-hybridized carbons (Fsp3) is 0.522. The predicted molar refractivity (Wildman–Crippen MR) is 135 cm³/mol. The lowest BCUT2D eigenvalue weighted by molar-refractivity contribution is -0.140. The van der Waals surface area contributed by atoms with E-state index in [9.17, 15) is 14.3 Å². The molecule has 0 aliphatic carbocycles. The van der Waals surface area contributed by atoms with Crippen molar-refractivity contribution in [3.8, 4) is 17.4 Å². The third-order valence-electron chi connectivity index (χ3n) is 5.22. The number of anilines is 2. The standard InChI is InChI=1S/C23H33N4O10P/c1-15(2)37-38(30,31)34-14-13-33-20-6-5-18(16(3)25-20)26-22-21(32-4)19(7-10-24-22)35-17-8-11-27(12-9-17)36-23(28)29/h5-7,10,15,17H,8-9,11-14H2,1-4H3,(H,24,26)(H,28,29)(H,30,31). The van der Waals surface area contributed by atoms with Gasteiger partial charge in [0.1, 0.15) is 12.7 Å². The van der Waals surface area contributed by atoms with Crippen LogP contribution in [0.4, 0.5) is 16.3 Å². The Bertz CT molecular complexity index is 1130. The number of nitrogens with one attached hydrogen (secondary N) is 1. The molecule has 0 saturated carbocycles. The molecule has 2 aromatic rings. The Kier molecular flexibility index (Phi) is 10.5. The van der Waals surface area contributed by atoms with Crippen molar-refractivity contribution in [2.24, 2.45) is 0 Å². The number of carbonyl (C=O) groups is 1. The molecule has 2 aromatic heterocycles. The van der Waals surface area contributed by atoms with E-state index in [-0.39, 0.29) is 19.3 Å². The number of rotatable bonds is 13. The molecule has 3 heterocycles. The maximum Gasteiger partial charge on any atom is 0.525 e. The first-order chi connectivity index (χ1) is 18.1. The molecule has 38 heavy (non-hydrogen) atoms. The summed E-state index contributed by atoms with van der Waals surface area (Å²) in [6.07, 6.45) is 0.824. The van der Waals surface area contributed by atoms with Gasteiger partial charge in [0, 0.05) is 44.3 Å². The molecule has 0 aromatic carbocycles. The summed E-state index contributed by atoms with van der Waals surface area (Å²) in [5.41, 5.74) is 1.27. The van der Waals surface area contributed by atoms with Crippen LogP contribution in [-0.2, 0) is 18.5 Å². The molecule has 1 unspecified atom stereocenters. The normalized spacial score (nSPS) is 16.1. The van der Waals surface area contributed by atoms with Crippen LogP contribution in [0.3, 0.4) is 0 Å². The van der Waals surface area contributed by atoms with E-state index in [2.05, 4.69) is 15.3 Å². The summed E-state index contributed by atoms with van der Waals surface area (Å²) in [5.74, 6) is 1.64. The first-order valence-corrected chi connectivity index (χ1v) is 13.4. The zero-order chi connectivity index (χ0) is 27.7. The fourth-order valence-electron chi connectivity index (χ4n) is 3.61. The number of nitrogens with zero attached hydrogens (tertiary/aromatic N) is 3. The minimum atomic E-state index is -4.13. The van der Waals surface area contributed by atoms with E-state index in [4.69, 9.17) is 33.2 Å². The second-order valence-electron chi connectivity index (χ2n) is 8.51. The number of phosphoric acid groups is 1. The number of carboxylic acid groups (broad SMARTS) is 1. The van der Waals surface area contributed by atoms with Crippen molar-refractivity contribution in [3.63, 3.8) is 0 Å². The van der Waals surface area contributed by atoms with Crippen LogP contribution in [0.1, 0.15) is 32.4 Å². The maximum atomic E-state index is 11.7. The summed E-state index contributed by atoms with van der Waals surface area (Å²) < 4.78 is 38.6. The second kappa shape index (κ2) is 13.6. The van der Waals surface area contributed by atoms with Gasteiger partial charge < -0.3 is 34.4 Å². The lowest BCUT2D eigenvalue weighted by Gasteiger charge is -2.30. The van der Waals surface area contributed by atoms with Crippen LogP contribution in [0, 0.1) is 6.92 Å². The van der Waals surface area contributed by atoms with Crippen LogP contribution < -0.4 is 19.5 Å². The Morgan fingerprint density at radius 2 is 1.97 bits per heavy atom. The van der Waals surface area contributed by atoms with Gasteiger partial charge in [0.25, 0.3) is 0 Å². The second-order valence-corrected chi connectivity index (χ2v) is 9.91. The Morgan fingerprint density at radius 1 is 1.24 bits per heavy atom. The molecular formula is C23H33N4O10P. The van der Waals surface area contributed by atoms with Gasteiger partial charge in [-0.3, -0.25) is 9.05 Å². The average molecular weight is 557 g/mol. The van der Waals surface area contributed by atoms with Crippen molar-refractivity contribution in [3.05, 3.63) is 30.1 Å². The summed E-state index contributed by atoms with van der Waals surface area (Å²) in [4.78, 5) is 33.7. The van der Waals surface area contributed by atoms with Crippen molar-refractivity contribution in [2.75, 3.05) is 38.7 Å². The molecule has 3 N–H and O–H groups in total. The van der Waals surface area contributed by atoms with E-state index in [0.717, 1.165) is 0 Å². The highest BCUT2D eigenvalue weighted by Crippen LogP contribution is 2.44. The van der Waals surface area contributed by atoms with E-state index in [1.165, 1.54) is 12.2 Å². The maximum absolute atomic E-state index is 11.7. The first-order valence-electron chi connectivity index (χ1n) is 11.9. The number of methoxy groups -OCH3 is 1. The smallest absolute Gasteiger partial charge is 0.490 e. The van der Waals surface area contributed by atoms with Gasteiger partial charge in [-0.1, -0.05) is 0 Å². The largest absolute Gasteiger partial charge is 0.525 e. The average Bonchev–Trinajstić information content (AvgIpc) is 2.84. The van der Waals surface area contributed by atoms with Gasteiger partial charge in [-0.25, -0.2) is 19.3 Å². The molecule has 1 saturated heterocycles. The number of phosphoric ester groups is 1. The summed E-state index contributed by atoms with van der Waals surface area (Å²) in [6, 6.07) is 5.09. The summed E-state index contributed by atoms with van der Waals surface area (Å²) in [6.45, 7) is 5.74. The summed E-state index contributed by atoms with van der Waals surface area (Å²) in [7, 11) is -2.61. The molecule has 1 aliphatic heterocycles. The molecule has 3 rings (SSSR count). The van der Waals surface area contributed by atoms with Crippen molar-refractivity contribution < 1.29 is 47.5 Å². The molecule has 14 nitrogen and oxygen atoms in total. The van der Waals surface area contributed by atoms with Crippen LogP contribution in [0.15, 0.2) is 24.4 Å². The highest BCUT2D eigenvalue weighted by molar-refractivity contribution is 7.47. The predicted octanol–water partition coefficient (Wildman–Crippen LogP) is 3.91. The molecule has 1 aliphatic rings. The molecule has 1 atom stereocenters. The van der Waals surface area contributed by atoms with E-state index >= 15 is 0 Å². The van der Waals surface area contributed by atoms with Gasteiger partial charge >= 0.3 is 14.0 Å². The van der Waals surface area contributed by atoms with E-state index in [1.54, 1.807) is 45.2 Å². The van der Waals surface area contributed by atoms with Crippen LogP contribution in [0.25, 0.3) is 0 Å². The number of hydrogen-bond acceptors (Lipinski definition) is 12. The van der Waals surface area contributed by atoms with E-state index in [0.29, 0.717) is 60.5 Å². The summed E-state index contributed by atoms with van der Waals surface area (Å²) >= 11 is 0. The minimum absolute atomic E-state index is 0.00133. The number of ether oxygens (including phenoxy) is 3. The Morgan fingerprint density at radius 3 is 2.61 bits per heavy atom. The van der Waals surface area contributed by atoms with E-state index in [1.807, 2.05) is 0 Å². The van der Waals surface area contributed by atoms with Crippen molar-refractivity contribution in [1.82, 2.24) is 15.0 Å². The molecule has 0 spiro atoms. The Balaban J connectivity index is 1.58. The quantitative estimate of drug-likeness (QED) is 0.239. The van der Waals surface area contributed by atoms with Crippen LogP contribution in [-0.4, -0.2) is 76.8 Å². The number of hydroxylamine groups is 2. The molecule has 210 valence electrons. The van der Waals surface area contributed by atoms with Crippen molar-refractivity contribution in [2.45, 2.75) is 45.8 Å². The van der Waals surface area contributed by atoms with Gasteiger partial charge in [0.05, 0.1) is 31.2 Å².